The van der Waals surface area contributed by atoms with E-state index in [9.17, 15) is 5.11 Å². The predicted octanol–water partition coefficient (Wildman–Crippen LogP) is 3.48. The molecule has 0 aliphatic heterocycles. The molecule has 0 bridgehead atoms. The van der Waals surface area contributed by atoms with Gasteiger partial charge in [0, 0.05) is 12.1 Å². The topological polar surface area (TPSA) is 23.5 Å². The second-order valence-corrected chi connectivity index (χ2v) is 5.88. The molecule has 1 rings (SSSR count). The summed E-state index contributed by atoms with van der Waals surface area (Å²) in [6, 6.07) is 9.92. The molecule has 102 valence electrons. The molecular weight excluding hydrogens is 222 g/mol. The molecular formula is C16H27NO. The van der Waals surface area contributed by atoms with Gasteiger partial charge in [-0.25, -0.2) is 0 Å². The van der Waals surface area contributed by atoms with Crippen LogP contribution in [-0.4, -0.2) is 29.1 Å². The Bertz CT molecular complexity index is 347. The highest BCUT2D eigenvalue weighted by Crippen LogP contribution is 2.25. The van der Waals surface area contributed by atoms with Crippen LogP contribution in [0.4, 0.5) is 0 Å². The molecule has 0 fully saturated rings. The van der Waals surface area contributed by atoms with Crippen molar-refractivity contribution in [3.63, 3.8) is 0 Å². The van der Waals surface area contributed by atoms with Gasteiger partial charge in [0.05, 0.1) is 6.10 Å². The molecule has 0 spiro atoms. The SMILES string of the molecule is CCC(C)(C)N(C)CC(C)C(O)c1ccccc1. The molecule has 0 amide bonds. The molecule has 1 N–H and O–H groups in total. The number of benzene rings is 1. The number of nitrogens with zero attached hydrogens (tertiary/aromatic N) is 1. The van der Waals surface area contributed by atoms with E-state index in [-0.39, 0.29) is 17.6 Å². The molecule has 0 saturated carbocycles. The summed E-state index contributed by atoms with van der Waals surface area (Å²) in [5, 5.41) is 10.3. The van der Waals surface area contributed by atoms with E-state index in [2.05, 4.69) is 39.6 Å². The van der Waals surface area contributed by atoms with Crippen molar-refractivity contribution in [1.82, 2.24) is 4.90 Å². The third-order valence-electron chi connectivity index (χ3n) is 4.14. The van der Waals surface area contributed by atoms with Gasteiger partial charge in [0.15, 0.2) is 0 Å². The minimum absolute atomic E-state index is 0.185. The Kier molecular flexibility index (Phi) is 5.36. The number of aliphatic hydroxyl groups is 1. The summed E-state index contributed by atoms with van der Waals surface area (Å²) in [5.74, 6) is 0.225. The van der Waals surface area contributed by atoms with E-state index < -0.39 is 0 Å². The number of hydrogen-bond acceptors (Lipinski definition) is 2. The van der Waals surface area contributed by atoms with Crippen molar-refractivity contribution in [2.24, 2.45) is 5.92 Å². The first-order chi connectivity index (χ1) is 8.38. The largest absolute Gasteiger partial charge is 0.388 e. The first-order valence-corrected chi connectivity index (χ1v) is 6.82. The van der Waals surface area contributed by atoms with Crippen molar-refractivity contribution in [2.75, 3.05) is 13.6 Å². The molecule has 0 aromatic heterocycles. The molecule has 1 aromatic carbocycles. The summed E-state index contributed by atoms with van der Waals surface area (Å²) in [5.41, 5.74) is 1.19. The van der Waals surface area contributed by atoms with E-state index >= 15 is 0 Å². The molecule has 0 aliphatic rings. The van der Waals surface area contributed by atoms with Gasteiger partial charge < -0.3 is 10.0 Å². The predicted molar refractivity (Wildman–Crippen MR) is 77.6 cm³/mol. The van der Waals surface area contributed by atoms with Crippen LogP contribution in [0.2, 0.25) is 0 Å². The Morgan fingerprint density at radius 1 is 1.22 bits per heavy atom. The second kappa shape index (κ2) is 6.35. The van der Waals surface area contributed by atoms with Crippen LogP contribution in [0.15, 0.2) is 30.3 Å². The van der Waals surface area contributed by atoms with Crippen LogP contribution < -0.4 is 0 Å². The van der Waals surface area contributed by atoms with E-state index in [1.54, 1.807) is 0 Å². The summed E-state index contributed by atoms with van der Waals surface area (Å²) in [6.07, 6.45) is 0.721. The van der Waals surface area contributed by atoms with Crippen LogP contribution in [-0.2, 0) is 0 Å². The molecule has 0 heterocycles. The van der Waals surface area contributed by atoms with Gasteiger partial charge in [0.1, 0.15) is 0 Å². The Hall–Kier alpha value is -0.860. The fourth-order valence-electron chi connectivity index (χ4n) is 2.03. The van der Waals surface area contributed by atoms with Gasteiger partial charge >= 0.3 is 0 Å². The van der Waals surface area contributed by atoms with Crippen LogP contribution in [0, 0.1) is 5.92 Å². The van der Waals surface area contributed by atoms with Gasteiger partial charge in [-0.3, -0.25) is 0 Å². The van der Waals surface area contributed by atoms with Crippen molar-refractivity contribution < 1.29 is 5.11 Å². The van der Waals surface area contributed by atoms with Crippen LogP contribution in [0.5, 0.6) is 0 Å². The van der Waals surface area contributed by atoms with Crippen molar-refractivity contribution in [3.05, 3.63) is 35.9 Å². The van der Waals surface area contributed by atoms with Gasteiger partial charge in [0.2, 0.25) is 0 Å². The van der Waals surface area contributed by atoms with Gasteiger partial charge in [-0.1, -0.05) is 44.2 Å². The van der Waals surface area contributed by atoms with Crippen LogP contribution in [0.1, 0.15) is 45.8 Å². The van der Waals surface area contributed by atoms with E-state index in [0.717, 1.165) is 18.5 Å². The summed E-state index contributed by atoms with van der Waals surface area (Å²) in [6.45, 7) is 9.70. The van der Waals surface area contributed by atoms with Crippen molar-refractivity contribution >= 4 is 0 Å². The minimum Gasteiger partial charge on any atom is -0.388 e. The summed E-state index contributed by atoms with van der Waals surface area (Å²) >= 11 is 0. The molecule has 2 unspecified atom stereocenters. The summed E-state index contributed by atoms with van der Waals surface area (Å²) < 4.78 is 0. The normalized spacial score (nSPS) is 15.7. The minimum atomic E-state index is -0.388. The smallest absolute Gasteiger partial charge is 0.0827 e. The molecule has 0 saturated heterocycles. The summed E-state index contributed by atoms with van der Waals surface area (Å²) in [4.78, 5) is 2.34. The van der Waals surface area contributed by atoms with E-state index in [0.29, 0.717) is 0 Å². The number of hydrogen-bond donors (Lipinski definition) is 1. The highest BCUT2D eigenvalue weighted by molar-refractivity contribution is 5.17. The lowest BCUT2D eigenvalue weighted by Crippen LogP contribution is -2.43. The van der Waals surface area contributed by atoms with Gasteiger partial charge in [-0.15, -0.1) is 0 Å². The Morgan fingerprint density at radius 2 is 1.78 bits per heavy atom. The monoisotopic (exact) mass is 249 g/mol. The third-order valence-corrected chi connectivity index (χ3v) is 4.14. The zero-order valence-corrected chi connectivity index (χ0v) is 12.4. The van der Waals surface area contributed by atoms with Crippen molar-refractivity contribution in [2.45, 2.75) is 45.8 Å². The van der Waals surface area contributed by atoms with E-state index in [1.807, 2.05) is 30.3 Å². The van der Waals surface area contributed by atoms with Gasteiger partial charge in [0.25, 0.3) is 0 Å². The number of aliphatic hydroxyl groups excluding tert-OH is 1. The quantitative estimate of drug-likeness (QED) is 0.834. The molecule has 2 nitrogen and oxygen atoms in total. The summed E-state index contributed by atoms with van der Waals surface area (Å²) in [7, 11) is 2.14. The molecule has 2 atom stereocenters. The van der Waals surface area contributed by atoms with Crippen LogP contribution in [0.25, 0.3) is 0 Å². The lowest BCUT2D eigenvalue weighted by atomic mass is 9.93. The maximum absolute atomic E-state index is 10.3. The first kappa shape index (κ1) is 15.2. The molecule has 0 radical (unpaired) electrons. The molecule has 18 heavy (non-hydrogen) atoms. The molecule has 2 heteroatoms. The number of rotatable bonds is 6. The Balaban J connectivity index is 2.63. The van der Waals surface area contributed by atoms with Crippen molar-refractivity contribution in [1.29, 1.82) is 0 Å². The average Bonchev–Trinajstić information content (AvgIpc) is 2.38. The zero-order chi connectivity index (χ0) is 13.8. The first-order valence-electron chi connectivity index (χ1n) is 6.82. The standard InChI is InChI=1S/C16H27NO/c1-6-16(3,4)17(5)12-13(2)15(18)14-10-8-7-9-11-14/h7-11,13,15,18H,6,12H2,1-5H3. The lowest BCUT2D eigenvalue weighted by molar-refractivity contribution is 0.0611. The van der Waals surface area contributed by atoms with Crippen LogP contribution in [0.3, 0.4) is 0 Å². The third kappa shape index (κ3) is 3.82. The van der Waals surface area contributed by atoms with E-state index in [4.69, 9.17) is 0 Å². The van der Waals surface area contributed by atoms with Crippen molar-refractivity contribution in [3.8, 4) is 0 Å². The highest BCUT2D eigenvalue weighted by atomic mass is 16.3. The average molecular weight is 249 g/mol. The fourth-order valence-corrected chi connectivity index (χ4v) is 2.03. The highest BCUT2D eigenvalue weighted by Gasteiger charge is 2.25. The molecule has 0 aliphatic carbocycles. The van der Waals surface area contributed by atoms with Gasteiger partial charge in [-0.2, -0.15) is 0 Å². The van der Waals surface area contributed by atoms with E-state index in [1.165, 1.54) is 0 Å². The Labute approximate surface area is 112 Å². The maximum atomic E-state index is 10.3. The fraction of sp³-hybridized carbons (Fsp3) is 0.625. The van der Waals surface area contributed by atoms with Gasteiger partial charge in [-0.05, 0) is 38.8 Å². The maximum Gasteiger partial charge on any atom is 0.0827 e. The Morgan fingerprint density at radius 3 is 2.28 bits per heavy atom. The van der Waals surface area contributed by atoms with Crippen LogP contribution >= 0.6 is 0 Å². The lowest BCUT2D eigenvalue weighted by Gasteiger charge is -2.37. The second-order valence-electron chi connectivity index (χ2n) is 5.88. The molecule has 1 aromatic rings. The zero-order valence-electron chi connectivity index (χ0n) is 12.4.